The number of carbonyl (C=O) groups excluding carboxylic acids is 3. The molecule has 0 bridgehead atoms. The van der Waals surface area contributed by atoms with Crippen LogP contribution in [-0.2, 0) is 9.59 Å². The highest BCUT2D eigenvalue weighted by Crippen LogP contribution is 2.33. The molecule has 26 heavy (non-hydrogen) atoms. The first-order valence-corrected chi connectivity index (χ1v) is 8.36. The van der Waals surface area contributed by atoms with Gasteiger partial charge in [0, 0.05) is 5.02 Å². The minimum atomic E-state index is -1.39. The lowest BCUT2D eigenvalue weighted by Gasteiger charge is -2.15. The van der Waals surface area contributed by atoms with Gasteiger partial charge < -0.3 is 9.90 Å². The lowest BCUT2D eigenvalue weighted by molar-refractivity contribution is -0.255. The van der Waals surface area contributed by atoms with E-state index < -0.39 is 23.2 Å². The molecule has 0 aliphatic carbocycles. The zero-order valence-corrected chi connectivity index (χ0v) is 15.0. The lowest BCUT2D eigenvalue weighted by Crippen LogP contribution is -2.31. The van der Waals surface area contributed by atoms with E-state index in [0.29, 0.717) is 5.02 Å². The average Bonchev–Trinajstić information content (AvgIpc) is 2.79. The molecular weight excluding hydrogens is 403 g/mol. The Kier molecular flexibility index (Phi) is 5.00. The van der Waals surface area contributed by atoms with Crippen molar-refractivity contribution in [1.82, 2.24) is 0 Å². The van der Waals surface area contributed by atoms with Crippen LogP contribution in [0.2, 0.25) is 10.0 Å². The van der Waals surface area contributed by atoms with Gasteiger partial charge in [-0.25, -0.2) is 9.89 Å². The van der Waals surface area contributed by atoms with Gasteiger partial charge in [0.2, 0.25) is 0 Å². The highest BCUT2D eigenvalue weighted by molar-refractivity contribution is 6.69. The van der Waals surface area contributed by atoms with Crippen LogP contribution >= 0.6 is 34.8 Å². The van der Waals surface area contributed by atoms with Crippen LogP contribution in [0.1, 0.15) is 10.4 Å². The van der Waals surface area contributed by atoms with Crippen molar-refractivity contribution in [3.63, 3.8) is 0 Å². The van der Waals surface area contributed by atoms with Gasteiger partial charge in [0.15, 0.2) is 5.38 Å². The summed E-state index contributed by atoms with van der Waals surface area (Å²) in [7, 11) is 0. The van der Waals surface area contributed by atoms with E-state index in [2.05, 4.69) is 4.99 Å². The predicted octanol–water partition coefficient (Wildman–Crippen LogP) is 2.61. The van der Waals surface area contributed by atoms with Gasteiger partial charge in [-0.2, -0.15) is 0 Å². The Labute approximate surface area is 162 Å². The van der Waals surface area contributed by atoms with Gasteiger partial charge in [-0.15, -0.1) is 11.6 Å². The fraction of sp³-hybridized carbons (Fsp3) is 0.0588. The highest BCUT2D eigenvalue weighted by Gasteiger charge is 2.45. The molecule has 0 spiro atoms. The molecule has 6 nitrogen and oxygen atoms in total. The highest BCUT2D eigenvalue weighted by atomic mass is 35.5. The standard InChI is InChI=1S/C17H9Cl3N2O4/c18-9-4-5-12(11(19)7-9)22-15(23)13(20)14(16(22)24)21-10-3-1-2-8(6-10)17(25)26/h1-7,13H,(H,25,26)/p-1. The summed E-state index contributed by atoms with van der Waals surface area (Å²) in [6, 6.07) is 9.72. The average molecular weight is 411 g/mol. The van der Waals surface area contributed by atoms with Gasteiger partial charge in [-0.3, -0.25) is 9.59 Å². The molecule has 9 heteroatoms. The second-order valence-corrected chi connectivity index (χ2v) is 6.55. The summed E-state index contributed by atoms with van der Waals surface area (Å²) in [6.45, 7) is 0. The number of imide groups is 1. The molecule has 1 aliphatic rings. The summed E-state index contributed by atoms with van der Waals surface area (Å²) in [5.74, 6) is -2.85. The molecule has 1 heterocycles. The molecule has 0 radical (unpaired) electrons. The number of hydrogen-bond donors (Lipinski definition) is 0. The third-order valence-corrected chi connectivity index (χ3v) is 4.51. The summed E-state index contributed by atoms with van der Waals surface area (Å²) in [5, 5.41) is 10.0. The van der Waals surface area contributed by atoms with E-state index in [-0.39, 0.29) is 27.7 Å². The molecule has 0 N–H and O–H groups in total. The van der Waals surface area contributed by atoms with Gasteiger partial charge in [0.05, 0.1) is 22.4 Å². The van der Waals surface area contributed by atoms with E-state index in [1.807, 2.05) is 0 Å². The molecular formula is C17H8Cl3N2O4-. The minimum absolute atomic E-state index is 0.100. The van der Waals surface area contributed by atoms with Crippen LogP contribution in [-0.4, -0.2) is 28.9 Å². The number of carboxylic acid groups (broad SMARTS) is 1. The van der Waals surface area contributed by atoms with Crippen molar-refractivity contribution < 1.29 is 19.5 Å². The van der Waals surface area contributed by atoms with E-state index in [1.165, 1.54) is 42.5 Å². The van der Waals surface area contributed by atoms with Crippen LogP contribution in [0, 0.1) is 0 Å². The maximum Gasteiger partial charge on any atom is 0.281 e. The number of halogens is 3. The number of benzene rings is 2. The largest absolute Gasteiger partial charge is 0.545 e. The second-order valence-electron chi connectivity index (χ2n) is 5.27. The Bertz CT molecular complexity index is 974. The fourth-order valence-electron chi connectivity index (χ4n) is 2.39. The summed E-state index contributed by atoms with van der Waals surface area (Å²) >= 11 is 18.0. The Morgan fingerprint density at radius 1 is 1.12 bits per heavy atom. The smallest absolute Gasteiger partial charge is 0.281 e. The van der Waals surface area contributed by atoms with Crippen molar-refractivity contribution in [3.8, 4) is 0 Å². The number of nitrogens with zero attached hydrogens (tertiary/aromatic N) is 2. The number of carboxylic acids is 1. The monoisotopic (exact) mass is 409 g/mol. The van der Waals surface area contributed by atoms with E-state index in [1.54, 1.807) is 0 Å². The van der Waals surface area contributed by atoms with Crippen LogP contribution in [0.15, 0.2) is 47.5 Å². The van der Waals surface area contributed by atoms with Crippen molar-refractivity contribution in [2.24, 2.45) is 4.99 Å². The number of anilines is 1. The quantitative estimate of drug-likeness (QED) is 0.574. The number of hydrogen-bond acceptors (Lipinski definition) is 5. The molecule has 1 atom stereocenters. The molecule has 3 rings (SSSR count). The summed E-state index contributed by atoms with van der Waals surface area (Å²) in [6.07, 6.45) is 0. The number of rotatable bonds is 3. The molecule has 0 aromatic heterocycles. The Balaban J connectivity index is 2.02. The first kappa shape index (κ1) is 18.4. The molecule has 2 amide bonds. The molecule has 2 aromatic rings. The molecule has 1 aliphatic heterocycles. The Morgan fingerprint density at radius 3 is 2.50 bits per heavy atom. The van der Waals surface area contributed by atoms with Crippen molar-refractivity contribution in [2.75, 3.05) is 4.90 Å². The molecule has 1 fully saturated rings. The van der Waals surface area contributed by atoms with Gasteiger partial charge in [0.25, 0.3) is 11.8 Å². The predicted molar refractivity (Wildman–Crippen MR) is 96.5 cm³/mol. The van der Waals surface area contributed by atoms with Crippen molar-refractivity contribution in [1.29, 1.82) is 0 Å². The molecule has 1 unspecified atom stereocenters. The van der Waals surface area contributed by atoms with Crippen LogP contribution in [0.5, 0.6) is 0 Å². The van der Waals surface area contributed by atoms with E-state index >= 15 is 0 Å². The topological polar surface area (TPSA) is 89.9 Å². The SMILES string of the molecule is O=C([O-])c1cccc(N=C2C(=O)N(c3ccc(Cl)cc3Cl)C(=O)C2Cl)c1. The first-order valence-electron chi connectivity index (χ1n) is 7.17. The van der Waals surface area contributed by atoms with Crippen LogP contribution in [0.4, 0.5) is 11.4 Å². The van der Waals surface area contributed by atoms with E-state index in [0.717, 1.165) is 4.90 Å². The zero-order chi connectivity index (χ0) is 19.0. The zero-order valence-electron chi connectivity index (χ0n) is 12.8. The summed E-state index contributed by atoms with van der Waals surface area (Å²) in [5.41, 5.74) is -0.0755. The molecule has 132 valence electrons. The van der Waals surface area contributed by atoms with E-state index in [9.17, 15) is 19.5 Å². The van der Waals surface area contributed by atoms with Crippen molar-refractivity contribution >= 4 is 69.7 Å². The Morgan fingerprint density at radius 2 is 1.85 bits per heavy atom. The second kappa shape index (κ2) is 7.07. The maximum absolute atomic E-state index is 12.7. The summed E-state index contributed by atoms with van der Waals surface area (Å²) < 4.78 is 0. The lowest BCUT2D eigenvalue weighted by atomic mass is 10.2. The van der Waals surface area contributed by atoms with E-state index in [4.69, 9.17) is 34.8 Å². The van der Waals surface area contributed by atoms with Crippen molar-refractivity contribution in [3.05, 3.63) is 58.1 Å². The third kappa shape index (κ3) is 3.31. The van der Waals surface area contributed by atoms with Crippen molar-refractivity contribution in [2.45, 2.75) is 5.38 Å². The number of amides is 2. The minimum Gasteiger partial charge on any atom is -0.545 e. The molecule has 2 aromatic carbocycles. The van der Waals surface area contributed by atoms with Gasteiger partial charge in [-0.05, 0) is 35.9 Å². The first-order chi connectivity index (χ1) is 12.3. The number of aromatic carboxylic acids is 1. The van der Waals surface area contributed by atoms with Gasteiger partial charge in [0.1, 0.15) is 5.71 Å². The number of carbonyl (C=O) groups is 3. The fourth-order valence-corrected chi connectivity index (χ4v) is 3.12. The summed E-state index contributed by atoms with van der Waals surface area (Å²) in [4.78, 5) is 40.9. The van der Waals surface area contributed by atoms with Gasteiger partial charge >= 0.3 is 0 Å². The van der Waals surface area contributed by atoms with Crippen LogP contribution < -0.4 is 10.0 Å². The third-order valence-electron chi connectivity index (χ3n) is 3.58. The molecule has 0 saturated carbocycles. The molecule has 1 saturated heterocycles. The van der Waals surface area contributed by atoms with Gasteiger partial charge in [-0.1, -0.05) is 35.3 Å². The normalized spacial score (nSPS) is 18.7. The maximum atomic E-state index is 12.7. The Hall–Kier alpha value is -2.41. The number of alkyl halides is 1. The van der Waals surface area contributed by atoms with Crippen LogP contribution in [0.3, 0.4) is 0 Å². The number of aliphatic imine (C=N–C) groups is 1. The van der Waals surface area contributed by atoms with Crippen LogP contribution in [0.25, 0.3) is 0 Å².